The molecule has 0 aliphatic heterocycles. The Kier molecular flexibility index (Phi) is 3.95. The van der Waals surface area contributed by atoms with Gasteiger partial charge in [-0.25, -0.2) is 4.79 Å². The van der Waals surface area contributed by atoms with E-state index in [4.69, 9.17) is 0 Å². The number of carbonyl (C=O) groups excluding carboxylic acids is 2. The number of nitrogens with one attached hydrogen (secondary N) is 1. The molecule has 1 amide bonds. The Morgan fingerprint density at radius 2 is 2.09 bits per heavy atom. The number of amides is 1. The Bertz CT molecular complexity index is 186. The van der Waals surface area contributed by atoms with Crippen molar-refractivity contribution in [3.63, 3.8) is 0 Å². The van der Waals surface area contributed by atoms with Gasteiger partial charge in [-0.15, -0.1) is 0 Å². The summed E-state index contributed by atoms with van der Waals surface area (Å²) in [6.45, 7) is 4.91. The molecule has 0 aromatic rings. The summed E-state index contributed by atoms with van der Waals surface area (Å²) in [6.07, 6.45) is 0. The van der Waals surface area contributed by atoms with Crippen LogP contribution in [0.2, 0.25) is 0 Å². The van der Waals surface area contributed by atoms with Gasteiger partial charge in [-0.05, 0) is 0 Å². The summed E-state index contributed by atoms with van der Waals surface area (Å²) >= 11 is 0. The van der Waals surface area contributed by atoms with E-state index in [1.165, 1.54) is 14.0 Å². The van der Waals surface area contributed by atoms with Crippen molar-refractivity contribution in [2.24, 2.45) is 0 Å². The Morgan fingerprint density at radius 1 is 1.55 bits per heavy atom. The summed E-state index contributed by atoms with van der Waals surface area (Å²) in [6, 6.07) is 0. The minimum atomic E-state index is -0.501. The molecule has 4 heteroatoms. The topological polar surface area (TPSA) is 55.4 Å². The summed E-state index contributed by atoms with van der Waals surface area (Å²) in [4.78, 5) is 21.0. The van der Waals surface area contributed by atoms with E-state index in [-0.39, 0.29) is 18.0 Å². The van der Waals surface area contributed by atoms with Crippen LogP contribution in [0.15, 0.2) is 12.2 Å². The average molecular weight is 157 g/mol. The van der Waals surface area contributed by atoms with Crippen molar-refractivity contribution in [1.29, 1.82) is 0 Å². The molecule has 0 bridgehead atoms. The van der Waals surface area contributed by atoms with Crippen molar-refractivity contribution in [3.05, 3.63) is 12.2 Å². The van der Waals surface area contributed by atoms with E-state index in [0.29, 0.717) is 0 Å². The molecule has 0 aromatic heterocycles. The van der Waals surface area contributed by atoms with E-state index >= 15 is 0 Å². The molecule has 0 rings (SSSR count). The van der Waals surface area contributed by atoms with Crippen LogP contribution in [0.4, 0.5) is 0 Å². The minimum Gasteiger partial charge on any atom is -0.466 e. The monoisotopic (exact) mass is 157 g/mol. The first-order valence-electron chi connectivity index (χ1n) is 3.08. The predicted molar refractivity (Wildman–Crippen MR) is 39.8 cm³/mol. The lowest BCUT2D eigenvalue weighted by molar-refractivity contribution is -0.136. The van der Waals surface area contributed by atoms with Crippen LogP contribution in [0.25, 0.3) is 0 Å². The van der Waals surface area contributed by atoms with Gasteiger partial charge in [0.2, 0.25) is 5.91 Å². The summed E-state index contributed by atoms with van der Waals surface area (Å²) in [7, 11) is 1.27. The number of methoxy groups -OCH3 is 1. The highest BCUT2D eigenvalue weighted by Crippen LogP contribution is 1.89. The zero-order valence-corrected chi connectivity index (χ0v) is 6.64. The van der Waals surface area contributed by atoms with E-state index in [9.17, 15) is 9.59 Å². The molecule has 0 spiro atoms. The van der Waals surface area contributed by atoms with Crippen LogP contribution < -0.4 is 5.32 Å². The molecular weight excluding hydrogens is 146 g/mol. The van der Waals surface area contributed by atoms with Crippen molar-refractivity contribution in [3.8, 4) is 0 Å². The molecular formula is C7H11NO3. The number of hydrogen-bond donors (Lipinski definition) is 1. The maximum Gasteiger partial charge on any atom is 0.334 e. The maximum absolute atomic E-state index is 10.7. The summed E-state index contributed by atoms with van der Waals surface area (Å²) in [5.41, 5.74) is 0.239. The van der Waals surface area contributed by atoms with Crippen molar-refractivity contribution in [2.45, 2.75) is 6.92 Å². The average Bonchev–Trinajstić information content (AvgIpc) is 1.98. The van der Waals surface area contributed by atoms with E-state index in [2.05, 4.69) is 16.6 Å². The first-order valence-corrected chi connectivity index (χ1v) is 3.08. The lowest BCUT2D eigenvalue weighted by atomic mass is 10.3. The van der Waals surface area contributed by atoms with E-state index in [0.717, 1.165) is 0 Å². The van der Waals surface area contributed by atoms with Gasteiger partial charge in [0.1, 0.15) is 0 Å². The van der Waals surface area contributed by atoms with Crippen LogP contribution in [-0.4, -0.2) is 25.5 Å². The van der Waals surface area contributed by atoms with Gasteiger partial charge in [0.15, 0.2) is 0 Å². The van der Waals surface area contributed by atoms with Crippen molar-refractivity contribution in [2.75, 3.05) is 13.7 Å². The standard InChI is InChI=1S/C7H11NO3/c1-5(7(10)11-3)4-8-6(2)9/h1,4H2,2-3H3,(H,8,9). The molecule has 0 aliphatic rings. The maximum atomic E-state index is 10.7. The zero-order valence-electron chi connectivity index (χ0n) is 6.64. The third-order valence-electron chi connectivity index (χ3n) is 1.02. The van der Waals surface area contributed by atoms with Crippen molar-refractivity contribution < 1.29 is 14.3 Å². The molecule has 0 radical (unpaired) electrons. The van der Waals surface area contributed by atoms with Gasteiger partial charge in [-0.1, -0.05) is 6.58 Å². The van der Waals surface area contributed by atoms with Gasteiger partial charge in [-0.2, -0.15) is 0 Å². The third-order valence-corrected chi connectivity index (χ3v) is 1.02. The summed E-state index contributed by atoms with van der Waals surface area (Å²) < 4.78 is 4.35. The van der Waals surface area contributed by atoms with Crippen molar-refractivity contribution in [1.82, 2.24) is 5.32 Å². The van der Waals surface area contributed by atoms with Gasteiger partial charge < -0.3 is 10.1 Å². The first-order chi connectivity index (χ1) is 5.07. The molecule has 0 atom stereocenters. The van der Waals surface area contributed by atoms with Crippen LogP contribution >= 0.6 is 0 Å². The smallest absolute Gasteiger partial charge is 0.334 e. The first kappa shape index (κ1) is 9.68. The SMILES string of the molecule is C=C(CNC(C)=O)C(=O)OC. The number of hydrogen-bond acceptors (Lipinski definition) is 3. The Balaban J connectivity index is 3.70. The second kappa shape index (κ2) is 4.49. The molecule has 0 saturated carbocycles. The molecule has 0 aliphatic carbocycles. The molecule has 0 unspecified atom stereocenters. The normalized spacial score (nSPS) is 8.55. The molecule has 0 fully saturated rings. The van der Waals surface area contributed by atoms with E-state index in [1.807, 2.05) is 0 Å². The molecule has 0 saturated heterocycles. The summed E-state index contributed by atoms with van der Waals surface area (Å²) in [5.74, 6) is -0.700. The quantitative estimate of drug-likeness (QED) is 0.458. The molecule has 4 nitrogen and oxygen atoms in total. The molecule has 11 heavy (non-hydrogen) atoms. The van der Waals surface area contributed by atoms with Crippen LogP contribution in [0.5, 0.6) is 0 Å². The van der Waals surface area contributed by atoms with Crippen LogP contribution in [0.3, 0.4) is 0 Å². The fourth-order valence-corrected chi connectivity index (χ4v) is 0.448. The molecule has 0 heterocycles. The van der Waals surface area contributed by atoms with Crippen LogP contribution in [0, 0.1) is 0 Å². The zero-order chi connectivity index (χ0) is 8.85. The van der Waals surface area contributed by atoms with Gasteiger partial charge in [0.05, 0.1) is 7.11 Å². The van der Waals surface area contributed by atoms with Gasteiger partial charge >= 0.3 is 5.97 Å². The number of ether oxygens (including phenoxy) is 1. The number of esters is 1. The molecule has 1 N–H and O–H groups in total. The molecule has 62 valence electrons. The Labute approximate surface area is 65.2 Å². The van der Waals surface area contributed by atoms with Crippen LogP contribution in [-0.2, 0) is 14.3 Å². The number of carbonyl (C=O) groups is 2. The highest BCUT2D eigenvalue weighted by Gasteiger charge is 2.05. The highest BCUT2D eigenvalue weighted by molar-refractivity contribution is 5.89. The van der Waals surface area contributed by atoms with Crippen LogP contribution in [0.1, 0.15) is 6.92 Å². The summed E-state index contributed by atoms with van der Waals surface area (Å²) in [5, 5.41) is 2.42. The lowest BCUT2D eigenvalue weighted by Gasteiger charge is -2.02. The van der Waals surface area contributed by atoms with E-state index in [1.54, 1.807) is 0 Å². The fraction of sp³-hybridized carbons (Fsp3) is 0.429. The number of rotatable bonds is 3. The Hall–Kier alpha value is -1.32. The van der Waals surface area contributed by atoms with Gasteiger partial charge in [-0.3, -0.25) is 4.79 Å². The predicted octanol–water partition coefficient (Wildman–Crippen LogP) is -0.148. The largest absolute Gasteiger partial charge is 0.466 e. The molecule has 0 aromatic carbocycles. The highest BCUT2D eigenvalue weighted by atomic mass is 16.5. The lowest BCUT2D eigenvalue weighted by Crippen LogP contribution is -2.25. The second-order valence-corrected chi connectivity index (χ2v) is 2.00. The minimum absolute atomic E-state index is 0.141. The van der Waals surface area contributed by atoms with Gasteiger partial charge in [0, 0.05) is 19.0 Å². The van der Waals surface area contributed by atoms with E-state index < -0.39 is 5.97 Å². The third kappa shape index (κ3) is 4.13. The van der Waals surface area contributed by atoms with Crippen molar-refractivity contribution >= 4 is 11.9 Å². The second-order valence-electron chi connectivity index (χ2n) is 2.00. The Morgan fingerprint density at radius 3 is 2.45 bits per heavy atom. The van der Waals surface area contributed by atoms with Gasteiger partial charge in [0.25, 0.3) is 0 Å². The fourth-order valence-electron chi connectivity index (χ4n) is 0.448.